The summed E-state index contributed by atoms with van der Waals surface area (Å²) in [5.41, 5.74) is 2.66. The minimum absolute atomic E-state index is 0.000768. The lowest BCUT2D eigenvalue weighted by Gasteiger charge is -2.17. The quantitative estimate of drug-likeness (QED) is 0.462. The Balaban J connectivity index is 1.49. The zero-order chi connectivity index (χ0) is 23.8. The standard InChI is InChI=1S/C25H28N2O6/c1-3-4-13-32-24(30)18-7-11-21(12-8-18)27-15-19(14-23(27)29)25(31)33-16-22(28)26-20-9-5-17(2)6-10-20/h5-12,19H,3-4,13-16H2,1-2H3,(H,26,28)/t19-/m1/s1. The minimum atomic E-state index is -0.664. The predicted octanol–water partition coefficient (Wildman–Crippen LogP) is 3.49. The lowest BCUT2D eigenvalue weighted by Crippen LogP contribution is -2.28. The molecular formula is C25H28N2O6. The zero-order valence-corrected chi connectivity index (χ0v) is 18.8. The maximum Gasteiger partial charge on any atom is 0.338 e. The van der Waals surface area contributed by atoms with E-state index in [2.05, 4.69) is 5.32 Å². The van der Waals surface area contributed by atoms with Crippen LogP contribution in [-0.2, 0) is 23.9 Å². The van der Waals surface area contributed by atoms with Crippen molar-refractivity contribution in [2.45, 2.75) is 33.1 Å². The summed E-state index contributed by atoms with van der Waals surface area (Å²) < 4.78 is 10.3. The van der Waals surface area contributed by atoms with E-state index in [0.717, 1.165) is 18.4 Å². The molecule has 1 aliphatic heterocycles. The molecule has 1 fully saturated rings. The number of esters is 2. The molecule has 8 nitrogen and oxygen atoms in total. The molecule has 1 aliphatic rings. The Bertz CT molecular complexity index is 1000. The Morgan fingerprint density at radius 1 is 1.03 bits per heavy atom. The lowest BCUT2D eigenvalue weighted by molar-refractivity contribution is -0.151. The summed E-state index contributed by atoms with van der Waals surface area (Å²) in [6, 6.07) is 13.7. The van der Waals surface area contributed by atoms with Gasteiger partial charge in [0.25, 0.3) is 5.91 Å². The van der Waals surface area contributed by atoms with E-state index in [-0.39, 0.29) is 18.9 Å². The van der Waals surface area contributed by atoms with Crippen LogP contribution in [0.25, 0.3) is 0 Å². The van der Waals surface area contributed by atoms with E-state index in [4.69, 9.17) is 9.47 Å². The Morgan fingerprint density at radius 2 is 1.73 bits per heavy atom. The van der Waals surface area contributed by atoms with Gasteiger partial charge < -0.3 is 19.7 Å². The van der Waals surface area contributed by atoms with Gasteiger partial charge in [0.05, 0.1) is 18.1 Å². The highest BCUT2D eigenvalue weighted by atomic mass is 16.5. The molecule has 0 aliphatic carbocycles. The van der Waals surface area contributed by atoms with Crippen LogP contribution in [-0.4, -0.2) is 43.5 Å². The van der Waals surface area contributed by atoms with Gasteiger partial charge in [-0.25, -0.2) is 4.79 Å². The second-order valence-electron chi connectivity index (χ2n) is 7.96. The van der Waals surface area contributed by atoms with E-state index in [0.29, 0.717) is 23.5 Å². The Labute approximate surface area is 192 Å². The van der Waals surface area contributed by atoms with E-state index in [1.54, 1.807) is 36.4 Å². The van der Waals surface area contributed by atoms with Crippen molar-refractivity contribution in [3.8, 4) is 0 Å². The van der Waals surface area contributed by atoms with E-state index in [1.165, 1.54) is 4.90 Å². The normalized spacial score (nSPS) is 15.3. The SMILES string of the molecule is CCCCOC(=O)c1ccc(N2C[C@H](C(=O)OCC(=O)Nc3ccc(C)cc3)CC2=O)cc1. The van der Waals surface area contributed by atoms with Crippen LogP contribution in [0, 0.1) is 12.8 Å². The van der Waals surface area contributed by atoms with Gasteiger partial charge in [-0.05, 0) is 49.7 Å². The van der Waals surface area contributed by atoms with Crippen LogP contribution >= 0.6 is 0 Å². The number of anilines is 2. The molecular weight excluding hydrogens is 424 g/mol. The molecule has 1 N–H and O–H groups in total. The van der Waals surface area contributed by atoms with Gasteiger partial charge >= 0.3 is 11.9 Å². The molecule has 1 saturated heterocycles. The average Bonchev–Trinajstić information content (AvgIpc) is 3.21. The number of amides is 2. The third-order valence-corrected chi connectivity index (χ3v) is 5.28. The third-order valence-electron chi connectivity index (χ3n) is 5.28. The molecule has 0 bridgehead atoms. The summed E-state index contributed by atoms with van der Waals surface area (Å²) in [5, 5.41) is 2.66. The third kappa shape index (κ3) is 6.65. The second kappa shape index (κ2) is 11.3. The van der Waals surface area contributed by atoms with E-state index < -0.39 is 30.4 Å². The Kier molecular flexibility index (Phi) is 8.18. The molecule has 0 unspecified atom stereocenters. The van der Waals surface area contributed by atoms with Crippen LogP contribution in [0.5, 0.6) is 0 Å². The largest absolute Gasteiger partial charge is 0.462 e. The molecule has 1 atom stereocenters. The van der Waals surface area contributed by atoms with Crippen LogP contribution in [0.4, 0.5) is 11.4 Å². The van der Waals surface area contributed by atoms with Crippen LogP contribution in [0.3, 0.4) is 0 Å². The van der Waals surface area contributed by atoms with Crippen LogP contribution in [0.15, 0.2) is 48.5 Å². The summed E-state index contributed by atoms with van der Waals surface area (Å²) in [4.78, 5) is 50.4. The van der Waals surface area contributed by atoms with Crippen LogP contribution < -0.4 is 10.2 Å². The van der Waals surface area contributed by atoms with Crippen LogP contribution in [0.1, 0.15) is 42.1 Å². The molecule has 0 radical (unpaired) electrons. The van der Waals surface area contributed by atoms with Crippen molar-refractivity contribution in [2.75, 3.05) is 30.0 Å². The number of ether oxygens (including phenoxy) is 2. The van der Waals surface area contributed by atoms with Crippen molar-refractivity contribution in [3.05, 3.63) is 59.7 Å². The van der Waals surface area contributed by atoms with Crippen molar-refractivity contribution in [1.29, 1.82) is 0 Å². The fourth-order valence-electron chi connectivity index (χ4n) is 3.37. The van der Waals surface area contributed by atoms with Crippen molar-refractivity contribution in [1.82, 2.24) is 0 Å². The first kappa shape index (κ1) is 24.0. The predicted molar refractivity (Wildman–Crippen MR) is 123 cm³/mol. The molecule has 0 spiro atoms. The van der Waals surface area contributed by atoms with Gasteiger partial charge in [-0.2, -0.15) is 0 Å². The maximum atomic E-state index is 12.4. The van der Waals surface area contributed by atoms with Gasteiger partial charge in [-0.1, -0.05) is 31.0 Å². The Hall–Kier alpha value is -3.68. The number of hydrogen-bond donors (Lipinski definition) is 1. The van der Waals surface area contributed by atoms with Crippen molar-refractivity contribution in [2.24, 2.45) is 5.92 Å². The molecule has 1 heterocycles. The summed E-state index contributed by atoms with van der Waals surface area (Å²) in [6.45, 7) is 4.05. The number of aryl methyl sites for hydroxylation is 1. The molecule has 174 valence electrons. The first-order valence-electron chi connectivity index (χ1n) is 11.0. The minimum Gasteiger partial charge on any atom is -0.462 e. The highest BCUT2D eigenvalue weighted by Gasteiger charge is 2.36. The molecule has 8 heteroatoms. The summed E-state index contributed by atoms with van der Waals surface area (Å²) >= 11 is 0. The van der Waals surface area contributed by atoms with Gasteiger partial charge in [0.15, 0.2) is 6.61 Å². The maximum absolute atomic E-state index is 12.4. The van der Waals surface area contributed by atoms with E-state index in [1.807, 2.05) is 26.0 Å². The fourth-order valence-corrected chi connectivity index (χ4v) is 3.37. The van der Waals surface area contributed by atoms with Gasteiger partial charge in [-0.15, -0.1) is 0 Å². The molecule has 3 rings (SSSR count). The number of unbranched alkanes of at least 4 members (excludes halogenated alkanes) is 1. The number of nitrogens with zero attached hydrogens (tertiary/aromatic N) is 1. The topological polar surface area (TPSA) is 102 Å². The van der Waals surface area contributed by atoms with Crippen molar-refractivity contribution < 1.29 is 28.7 Å². The first-order chi connectivity index (χ1) is 15.9. The average molecular weight is 453 g/mol. The monoisotopic (exact) mass is 452 g/mol. The van der Waals surface area contributed by atoms with Gasteiger partial charge in [0.2, 0.25) is 5.91 Å². The number of carbonyl (C=O) groups is 4. The summed E-state index contributed by atoms with van der Waals surface area (Å²) in [5.74, 6) is -2.34. The van der Waals surface area contributed by atoms with Gasteiger partial charge in [-0.3, -0.25) is 14.4 Å². The van der Waals surface area contributed by atoms with Crippen LogP contribution in [0.2, 0.25) is 0 Å². The van der Waals surface area contributed by atoms with Crippen molar-refractivity contribution in [3.63, 3.8) is 0 Å². The number of benzene rings is 2. The molecule has 33 heavy (non-hydrogen) atoms. The molecule has 2 aromatic carbocycles. The zero-order valence-electron chi connectivity index (χ0n) is 18.8. The molecule has 0 saturated carbocycles. The number of hydrogen-bond acceptors (Lipinski definition) is 6. The number of nitrogens with one attached hydrogen (secondary N) is 1. The highest BCUT2D eigenvalue weighted by Crippen LogP contribution is 2.26. The van der Waals surface area contributed by atoms with Gasteiger partial charge in [0, 0.05) is 24.3 Å². The molecule has 0 aromatic heterocycles. The fraction of sp³-hybridized carbons (Fsp3) is 0.360. The molecule has 2 aromatic rings. The first-order valence-corrected chi connectivity index (χ1v) is 11.0. The molecule has 2 amide bonds. The number of carbonyl (C=O) groups excluding carboxylic acids is 4. The lowest BCUT2D eigenvalue weighted by atomic mass is 10.1. The Morgan fingerprint density at radius 3 is 2.39 bits per heavy atom. The van der Waals surface area contributed by atoms with E-state index >= 15 is 0 Å². The number of rotatable bonds is 9. The van der Waals surface area contributed by atoms with Gasteiger partial charge in [0.1, 0.15) is 0 Å². The second-order valence-corrected chi connectivity index (χ2v) is 7.96. The van der Waals surface area contributed by atoms with E-state index in [9.17, 15) is 19.2 Å². The smallest absolute Gasteiger partial charge is 0.338 e. The summed E-state index contributed by atoms with van der Waals surface area (Å²) in [6.07, 6.45) is 1.74. The summed E-state index contributed by atoms with van der Waals surface area (Å²) in [7, 11) is 0. The van der Waals surface area contributed by atoms with Crippen molar-refractivity contribution >= 4 is 35.1 Å². The highest BCUT2D eigenvalue weighted by molar-refractivity contribution is 6.00.